The summed E-state index contributed by atoms with van der Waals surface area (Å²) in [6.07, 6.45) is 5.73. The summed E-state index contributed by atoms with van der Waals surface area (Å²) in [6, 6.07) is 0. The first kappa shape index (κ1) is 12.1. The van der Waals surface area contributed by atoms with Crippen LogP contribution in [0, 0.1) is 29.6 Å². The van der Waals surface area contributed by atoms with E-state index in [-0.39, 0.29) is 0 Å². The molecule has 1 saturated carbocycles. The summed E-state index contributed by atoms with van der Waals surface area (Å²) in [5.41, 5.74) is 0. The van der Waals surface area contributed by atoms with Crippen molar-refractivity contribution in [3.8, 4) is 0 Å². The van der Waals surface area contributed by atoms with Crippen LogP contribution in [-0.4, -0.2) is 0 Å². The van der Waals surface area contributed by atoms with E-state index in [2.05, 4.69) is 34.6 Å². The van der Waals surface area contributed by atoms with Gasteiger partial charge in [-0.15, -0.1) is 0 Å². The highest BCUT2D eigenvalue weighted by molar-refractivity contribution is 4.83. The van der Waals surface area contributed by atoms with Crippen molar-refractivity contribution in [1.82, 2.24) is 0 Å². The lowest BCUT2D eigenvalue weighted by atomic mass is 9.65. The highest BCUT2D eigenvalue weighted by atomic mass is 14.4. The van der Waals surface area contributed by atoms with Gasteiger partial charge in [0.25, 0.3) is 0 Å². The monoisotopic (exact) mass is 196 g/mol. The van der Waals surface area contributed by atoms with Crippen molar-refractivity contribution in [1.29, 1.82) is 0 Å². The predicted molar refractivity (Wildman–Crippen MR) is 64.3 cm³/mol. The van der Waals surface area contributed by atoms with Crippen LogP contribution in [0.1, 0.15) is 60.3 Å². The molecule has 0 heterocycles. The molecule has 1 aliphatic carbocycles. The minimum absolute atomic E-state index is 0.944. The standard InChI is InChI=1S/C14H28/c1-6-10(3)14-8-11(4)12(5)13(7-2)9-14/h10-14H,6-9H2,1-5H3. The topological polar surface area (TPSA) is 0 Å². The molecule has 0 nitrogen and oxygen atoms in total. The Kier molecular flexibility index (Phi) is 4.47. The number of hydrogen-bond donors (Lipinski definition) is 0. The van der Waals surface area contributed by atoms with E-state index in [9.17, 15) is 0 Å². The third-order valence-corrected chi connectivity index (χ3v) is 4.89. The SMILES string of the molecule is CCC(C)C1CC(C)C(C)C(CC)C1. The fraction of sp³-hybridized carbons (Fsp3) is 1.00. The molecule has 84 valence electrons. The van der Waals surface area contributed by atoms with Crippen LogP contribution in [0.15, 0.2) is 0 Å². The van der Waals surface area contributed by atoms with Crippen molar-refractivity contribution in [3.05, 3.63) is 0 Å². The first-order valence-corrected chi connectivity index (χ1v) is 6.60. The lowest BCUT2D eigenvalue weighted by molar-refractivity contribution is 0.0945. The van der Waals surface area contributed by atoms with Gasteiger partial charge in [0, 0.05) is 0 Å². The molecule has 0 bridgehead atoms. The zero-order chi connectivity index (χ0) is 10.7. The van der Waals surface area contributed by atoms with Gasteiger partial charge in [-0.25, -0.2) is 0 Å². The molecule has 0 radical (unpaired) electrons. The Bertz CT molecular complexity index is 161. The molecule has 1 rings (SSSR count). The maximum Gasteiger partial charge on any atom is -0.0383 e. The maximum atomic E-state index is 2.46. The fourth-order valence-corrected chi connectivity index (χ4v) is 3.19. The second-order valence-corrected chi connectivity index (χ2v) is 5.62. The summed E-state index contributed by atoms with van der Waals surface area (Å²) >= 11 is 0. The molecular formula is C14H28. The smallest absolute Gasteiger partial charge is 0.0383 e. The van der Waals surface area contributed by atoms with Gasteiger partial charge in [-0.1, -0.05) is 47.5 Å². The van der Waals surface area contributed by atoms with Crippen molar-refractivity contribution >= 4 is 0 Å². The molecule has 0 aromatic heterocycles. The van der Waals surface area contributed by atoms with Gasteiger partial charge in [0.2, 0.25) is 0 Å². The molecule has 5 atom stereocenters. The van der Waals surface area contributed by atoms with Crippen LogP contribution in [-0.2, 0) is 0 Å². The molecule has 1 fully saturated rings. The molecule has 0 amide bonds. The molecule has 0 saturated heterocycles. The molecule has 0 aliphatic heterocycles. The Hall–Kier alpha value is 0. The summed E-state index contributed by atoms with van der Waals surface area (Å²) in [5, 5.41) is 0. The van der Waals surface area contributed by atoms with E-state index in [1.807, 2.05) is 0 Å². The normalized spacial score (nSPS) is 40.9. The van der Waals surface area contributed by atoms with E-state index in [0.29, 0.717) is 0 Å². The fourth-order valence-electron chi connectivity index (χ4n) is 3.19. The highest BCUT2D eigenvalue weighted by Gasteiger charge is 2.33. The largest absolute Gasteiger partial charge is 0.0651 e. The molecule has 0 spiro atoms. The van der Waals surface area contributed by atoms with Crippen molar-refractivity contribution in [2.24, 2.45) is 29.6 Å². The average Bonchev–Trinajstić information content (AvgIpc) is 2.20. The minimum Gasteiger partial charge on any atom is -0.0651 e. The predicted octanol–water partition coefficient (Wildman–Crippen LogP) is 4.74. The third-order valence-electron chi connectivity index (χ3n) is 4.89. The van der Waals surface area contributed by atoms with Crippen LogP contribution < -0.4 is 0 Å². The molecule has 1 aliphatic rings. The zero-order valence-electron chi connectivity index (χ0n) is 10.7. The molecule has 0 heteroatoms. The molecule has 14 heavy (non-hydrogen) atoms. The van der Waals surface area contributed by atoms with Gasteiger partial charge in [0.05, 0.1) is 0 Å². The van der Waals surface area contributed by atoms with Gasteiger partial charge in [-0.05, 0) is 42.4 Å². The van der Waals surface area contributed by atoms with Crippen LogP contribution in [0.5, 0.6) is 0 Å². The van der Waals surface area contributed by atoms with E-state index >= 15 is 0 Å². The Morgan fingerprint density at radius 1 is 1.14 bits per heavy atom. The molecule has 5 unspecified atom stereocenters. The highest BCUT2D eigenvalue weighted by Crippen LogP contribution is 2.42. The van der Waals surface area contributed by atoms with Crippen LogP contribution in [0.4, 0.5) is 0 Å². The van der Waals surface area contributed by atoms with Crippen LogP contribution >= 0.6 is 0 Å². The number of rotatable bonds is 3. The first-order valence-electron chi connectivity index (χ1n) is 6.60. The van der Waals surface area contributed by atoms with Crippen LogP contribution in [0.3, 0.4) is 0 Å². The van der Waals surface area contributed by atoms with E-state index in [4.69, 9.17) is 0 Å². The van der Waals surface area contributed by atoms with Crippen molar-refractivity contribution in [2.75, 3.05) is 0 Å². The molecule has 0 N–H and O–H groups in total. The molecular weight excluding hydrogens is 168 g/mol. The summed E-state index contributed by atoms with van der Waals surface area (Å²) in [7, 11) is 0. The van der Waals surface area contributed by atoms with E-state index in [1.165, 1.54) is 25.7 Å². The summed E-state index contributed by atoms with van der Waals surface area (Å²) < 4.78 is 0. The first-order chi connectivity index (χ1) is 6.60. The van der Waals surface area contributed by atoms with E-state index in [1.54, 1.807) is 0 Å². The van der Waals surface area contributed by atoms with Crippen molar-refractivity contribution < 1.29 is 0 Å². The van der Waals surface area contributed by atoms with E-state index < -0.39 is 0 Å². The van der Waals surface area contributed by atoms with Crippen LogP contribution in [0.25, 0.3) is 0 Å². The minimum atomic E-state index is 0.944. The van der Waals surface area contributed by atoms with Crippen molar-refractivity contribution in [2.45, 2.75) is 60.3 Å². The summed E-state index contributed by atoms with van der Waals surface area (Å²) in [4.78, 5) is 0. The summed E-state index contributed by atoms with van der Waals surface area (Å²) in [5.74, 6) is 4.86. The second kappa shape index (κ2) is 5.19. The number of hydrogen-bond acceptors (Lipinski definition) is 0. The quantitative estimate of drug-likeness (QED) is 0.611. The lowest BCUT2D eigenvalue weighted by Crippen LogP contribution is -2.31. The van der Waals surface area contributed by atoms with Gasteiger partial charge in [-0.2, -0.15) is 0 Å². The van der Waals surface area contributed by atoms with Crippen molar-refractivity contribution in [3.63, 3.8) is 0 Å². The van der Waals surface area contributed by atoms with Gasteiger partial charge in [-0.3, -0.25) is 0 Å². The lowest BCUT2D eigenvalue weighted by Gasteiger charge is -2.41. The average molecular weight is 196 g/mol. The van der Waals surface area contributed by atoms with Gasteiger partial charge in [0.15, 0.2) is 0 Å². The second-order valence-electron chi connectivity index (χ2n) is 5.62. The van der Waals surface area contributed by atoms with Crippen LogP contribution in [0.2, 0.25) is 0 Å². The summed E-state index contributed by atoms with van der Waals surface area (Å²) in [6.45, 7) is 12.1. The Labute approximate surface area is 90.5 Å². The Morgan fingerprint density at radius 3 is 2.29 bits per heavy atom. The zero-order valence-corrected chi connectivity index (χ0v) is 10.7. The Balaban J connectivity index is 2.58. The van der Waals surface area contributed by atoms with Gasteiger partial charge in [0.1, 0.15) is 0 Å². The van der Waals surface area contributed by atoms with Gasteiger partial charge >= 0.3 is 0 Å². The van der Waals surface area contributed by atoms with E-state index in [0.717, 1.165) is 29.6 Å². The molecule has 0 aromatic rings. The van der Waals surface area contributed by atoms with Gasteiger partial charge < -0.3 is 0 Å². The third kappa shape index (κ3) is 2.52. The Morgan fingerprint density at radius 2 is 1.79 bits per heavy atom. The molecule has 0 aromatic carbocycles. The maximum absolute atomic E-state index is 2.46.